The van der Waals surface area contributed by atoms with Crippen LogP contribution in [-0.4, -0.2) is 64.0 Å². The van der Waals surface area contributed by atoms with Crippen molar-refractivity contribution in [2.24, 2.45) is 0 Å². The molecule has 2 N–H and O–H groups in total. The van der Waals surface area contributed by atoms with Crippen LogP contribution >= 0.6 is 0 Å². The van der Waals surface area contributed by atoms with E-state index in [9.17, 15) is 5.11 Å². The lowest BCUT2D eigenvalue weighted by molar-refractivity contribution is -0.105. The lowest BCUT2D eigenvalue weighted by atomic mass is 9.83. The Kier molecular flexibility index (Phi) is 5.00. The predicted octanol–water partition coefficient (Wildman–Crippen LogP) is 1.36. The van der Waals surface area contributed by atoms with Crippen LogP contribution in [0.2, 0.25) is 0 Å². The van der Waals surface area contributed by atoms with Gasteiger partial charge in [0.05, 0.1) is 25.0 Å². The summed E-state index contributed by atoms with van der Waals surface area (Å²) in [6.45, 7) is 2.63. The van der Waals surface area contributed by atoms with Crippen LogP contribution in [0.1, 0.15) is 24.1 Å². The summed E-state index contributed by atoms with van der Waals surface area (Å²) in [7, 11) is 0. The van der Waals surface area contributed by atoms with Gasteiger partial charge in [0.2, 0.25) is 0 Å². The Morgan fingerprint density at radius 3 is 2.69 bits per heavy atom. The molecule has 6 nitrogen and oxygen atoms in total. The van der Waals surface area contributed by atoms with Crippen molar-refractivity contribution in [2.75, 3.05) is 32.8 Å². The SMILES string of the molecule is OC[C@H](O)CN1CCC2(CC1)OCCc1cnc(-c3ccccc3)nc12. The monoisotopic (exact) mass is 355 g/mol. The minimum Gasteiger partial charge on any atom is -0.394 e. The summed E-state index contributed by atoms with van der Waals surface area (Å²) in [6, 6.07) is 10.0. The van der Waals surface area contributed by atoms with E-state index in [-0.39, 0.29) is 12.2 Å². The lowest BCUT2D eigenvalue weighted by Gasteiger charge is -2.44. The lowest BCUT2D eigenvalue weighted by Crippen LogP contribution is -2.49. The van der Waals surface area contributed by atoms with E-state index in [2.05, 4.69) is 9.88 Å². The zero-order valence-corrected chi connectivity index (χ0v) is 14.8. The summed E-state index contributed by atoms with van der Waals surface area (Å²) in [6.07, 6.45) is 3.79. The number of ether oxygens (including phenoxy) is 1. The molecule has 1 fully saturated rings. The van der Waals surface area contributed by atoms with Crippen molar-refractivity contribution in [3.63, 3.8) is 0 Å². The molecule has 138 valence electrons. The maximum Gasteiger partial charge on any atom is 0.159 e. The van der Waals surface area contributed by atoms with E-state index in [4.69, 9.17) is 14.8 Å². The van der Waals surface area contributed by atoms with E-state index in [1.165, 1.54) is 5.56 Å². The van der Waals surface area contributed by atoms with Gasteiger partial charge in [-0.3, -0.25) is 0 Å². The molecule has 26 heavy (non-hydrogen) atoms. The molecule has 2 aromatic rings. The zero-order valence-electron chi connectivity index (χ0n) is 14.8. The highest BCUT2D eigenvalue weighted by Crippen LogP contribution is 2.40. The van der Waals surface area contributed by atoms with Gasteiger partial charge in [-0.05, 0) is 24.8 Å². The second-order valence-electron chi connectivity index (χ2n) is 7.16. The van der Waals surface area contributed by atoms with Gasteiger partial charge in [-0.2, -0.15) is 0 Å². The minimum absolute atomic E-state index is 0.200. The number of hydrogen-bond acceptors (Lipinski definition) is 6. The first-order chi connectivity index (χ1) is 12.7. The van der Waals surface area contributed by atoms with Crippen molar-refractivity contribution >= 4 is 0 Å². The Bertz CT molecular complexity index is 745. The molecule has 3 heterocycles. The van der Waals surface area contributed by atoms with Crippen LogP contribution in [-0.2, 0) is 16.8 Å². The second kappa shape index (κ2) is 7.40. The van der Waals surface area contributed by atoms with Gasteiger partial charge in [-0.1, -0.05) is 30.3 Å². The third-order valence-electron chi connectivity index (χ3n) is 5.42. The minimum atomic E-state index is -0.685. The van der Waals surface area contributed by atoms with Crippen molar-refractivity contribution in [1.82, 2.24) is 14.9 Å². The second-order valence-corrected chi connectivity index (χ2v) is 7.16. The summed E-state index contributed by atoms with van der Waals surface area (Å²) >= 11 is 0. The van der Waals surface area contributed by atoms with Crippen LogP contribution in [0.5, 0.6) is 0 Å². The number of benzene rings is 1. The summed E-state index contributed by atoms with van der Waals surface area (Å²) in [5, 5.41) is 18.7. The van der Waals surface area contributed by atoms with Gasteiger partial charge in [0.15, 0.2) is 5.82 Å². The quantitative estimate of drug-likeness (QED) is 0.862. The van der Waals surface area contributed by atoms with Gasteiger partial charge in [-0.15, -0.1) is 0 Å². The number of likely N-dealkylation sites (tertiary alicyclic amines) is 1. The zero-order chi connectivity index (χ0) is 18.0. The molecule has 0 saturated carbocycles. The molecule has 1 aromatic heterocycles. The largest absolute Gasteiger partial charge is 0.394 e. The molecule has 2 aliphatic rings. The molecule has 2 aliphatic heterocycles. The number of aromatic nitrogens is 2. The Labute approximate surface area is 153 Å². The van der Waals surface area contributed by atoms with Crippen LogP contribution in [0, 0.1) is 0 Å². The molecule has 0 aliphatic carbocycles. The molecule has 0 radical (unpaired) electrons. The average molecular weight is 355 g/mol. The van der Waals surface area contributed by atoms with Crippen LogP contribution in [0.3, 0.4) is 0 Å². The first kappa shape index (κ1) is 17.5. The van der Waals surface area contributed by atoms with E-state index < -0.39 is 6.10 Å². The number of aliphatic hydroxyl groups excluding tert-OH is 2. The van der Waals surface area contributed by atoms with Gasteiger partial charge in [0.25, 0.3) is 0 Å². The maximum absolute atomic E-state index is 9.69. The standard InChI is InChI=1S/C20H25N3O3/c24-14-17(25)13-23-9-7-20(8-10-23)18-16(6-11-26-20)12-21-19(22-18)15-4-2-1-3-5-15/h1-5,12,17,24-25H,6-11,13-14H2/t17-/m1/s1. The summed E-state index contributed by atoms with van der Waals surface area (Å²) in [5.41, 5.74) is 2.86. The normalized spacial score (nSPS) is 20.7. The molecule has 4 rings (SSSR count). The van der Waals surface area contributed by atoms with Gasteiger partial charge < -0.3 is 19.8 Å². The average Bonchev–Trinajstić information content (AvgIpc) is 2.70. The Morgan fingerprint density at radius 2 is 1.96 bits per heavy atom. The highest BCUT2D eigenvalue weighted by atomic mass is 16.5. The van der Waals surface area contributed by atoms with E-state index in [0.717, 1.165) is 49.4 Å². The van der Waals surface area contributed by atoms with Crippen LogP contribution in [0.25, 0.3) is 11.4 Å². The third-order valence-corrected chi connectivity index (χ3v) is 5.42. The van der Waals surface area contributed by atoms with Gasteiger partial charge in [0.1, 0.15) is 5.60 Å². The number of piperidine rings is 1. The number of aliphatic hydroxyl groups is 2. The Morgan fingerprint density at radius 1 is 1.19 bits per heavy atom. The molecule has 0 bridgehead atoms. The summed E-state index contributed by atoms with van der Waals surface area (Å²) in [5.74, 6) is 0.743. The first-order valence-corrected chi connectivity index (χ1v) is 9.27. The number of fused-ring (bicyclic) bond motifs is 2. The number of hydrogen-bond donors (Lipinski definition) is 2. The Hall–Kier alpha value is -1.86. The summed E-state index contributed by atoms with van der Waals surface area (Å²) < 4.78 is 6.27. The Balaban J connectivity index is 1.59. The van der Waals surface area contributed by atoms with Crippen molar-refractivity contribution in [1.29, 1.82) is 0 Å². The first-order valence-electron chi connectivity index (χ1n) is 9.27. The highest BCUT2D eigenvalue weighted by Gasteiger charge is 2.42. The van der Waals surface area contributed by atoms with Crippen molar-refractivity contribution in [3.05, 3.63) is 47.8 Å². The molecule has 1 saturated heterocycles. The van der Waals surface area contributed by atoms with Crippen molar-refractivity contribution < 1.29 is 14.9 Å². The molecule has 1 spiro atoms. The molecule has 0 amide bonds. The number of β-amino-alcohol motifs (C(OH)–C–C–N with tert-alkyl or cyclic N) is 1. The fourth-order valence-electron chi connectivity index (χ4n) is 3.97. The molecule has 1 aromatic carbocycles. The van der Waals surface area contributed by atoms with Crippen molar-refractivity contribution in [3.8, 4) is 11.4 Å². The summed E-state index contributed by atoms with van der Waals surface area (Å²) in [4.78, 5) is 11.7. The predicted molar refractivity (Wildman–Crippen MR) is 97.6 cm³/mol. The molecular weight excluding hydrogens is 330 g/mol. The van der Waals surface area contributed by atoms with E-state index in [0.29, 0.717) is 13.2 Å². The van der Waals surface area contributed by atoms with E-state index >= 15 is 0 Å². The van der Waals surface area contributed by atoms with Gasteiger partial charge in [0, 0.05) is 31.4 Å². The fourth-order valence-corrected chi connectivity index (χ4v) is 3.97. The van der Waals surface area contributed by atoms with Crippen LogP contribution < -0.4 is 0 Å². The smallest absolute Gasteiger partial charge is 0.159 e. The fraction of sp³-hybridized carbons (Fsp3) is 0.500. The molecule has 1 atom stereocenters. The van der Waals surface area contributed by atoms with Crippen LogP contribution in [0.4, 0.5) is 0 Å². The molecule has 6 heteroatoms. The van der Waals surface area contributed by atoms with Gasteiger partial charge >= 0.3 is 0 Å². The van der Waals surface area contributed by atoms with E-state index in [1.807, 2.05) is 36.5 Å². The third kappa shape index (κ3) is 3.38. The topological polar surface area (TPSA) is 78.7 Å². The number of nitrogens with zero attached hydrogens (tertiary/aromatic N) is 3. The number of rotatable bonds is 4. The maximum atomic E-state index is 9.69. The van der Waals surface area contributed by atoms with E-state index in [1.54, 1.807) is 0 Å². The van der Waals surface area contributed by atoms with Crippen molar-refractivity contribution in [2.45, 2.75) is 31.0 Å². The molecule has 0 unspecified atom stereocenters. The van der Waals surface area contributed by atoms with Gasteiger partial charge in [-0.25, -0.2) is 9.97 Å². The highest BCUT2D eigenvalue weighted by molar-refractivity contribution is 5.55. The molecular formula is C20H25N3O3. The van der Waals surface area contributed by atoms with Crippen LogP contribution in [0.15, 0.2) is 36.5 Å².